The molecule has 1 aromatic carbocycles. The van der Waals surface area contributed by atoms with Gasteiger partial charge in [0.05, 0.1) is 0 Å². The molecule has 0 spiro atoms. The zero-order valence-electron chi connectivity index (χ0n) is 20.7. The summed E-state index contributed by atoms with van der Waals surface area (Å²) < 4.78 is 10.6. The number of benzene rings is 1. The van der Waals surface area contributed by atoms with Crippen molar-refractivity contribution in [3.63, 3.8) is 0 Å². The second kappa shape index (κ2) is 11.6. The van der Waals surface area contributed by atoms with Crippen LogP contribution in [-0.2, 0) is 19.2 Å². The molecule has 2 aliphatic heterocycles. The third-order valence-corrected chi connectivity index (χ3v) is 8.54. The first-order valence-corrected chi connectivity index (χ1v) is 14.3. The molecule has 1 fully saturated rings. The number of β-lactam (4-membered cyclic amide) rings is 1. The summed E-state index contributed by atoms with van der Waals surface area (Å²) >= 11 is 3.47. The molecule has 5 rings (SSSR count). The van der Waals surface area contributed by atoms with Gasteiger partial charge in [0, 0.05) is 28.0 Å². The van der Waals surface area contributed by atoms with Gasteiger partial charge in [0.2, 0.25) is 11.8 Å². The number of fused-ring (bicyclic) bond motifs is 1. The Morgan fingerprint density at radius 3 is 2.80 bits per heavy atom. The lowest BCUT2D eigenvalue weighted by Gasteiger charge is -2.49. The van der Waals surface area contributed by atoms with Crippen molar-refractivity contribution < 1.29 is 43.7 Å². The van der Waals surface area contributed by atoms with Crippen LogP contribution in [0, 0.1) is 0 Å². The van der Waals surface area contributed by atoms with Crippen LogP contribution >= 0.6 is 34.9 Å². The van der Waals surface area contributed by atoms with E-state index < -0.39 is 29.4 Å². The smallest absolute Gasteiger partial charge is 0.504 e. The summed E-state index contributed by atoms with van der Waals surface area (Å²) in [5.74, 6) is -1.63. The molecule has 214 valence electrons. The molecule has 0 saturated carbocycles. The average Bonchev–Trinajstić information content (AvgIpc) is 3.59. The lowest BCUT2D eigenvalue weighted by molar-refractivity contribution is -0.148. The number of nitrogens with one attached hydrogen (secondary N) is 1. The first-order chi connectivity index (χ1) is 19.7. The molecule has 1 saturated heterocycles. The molecular formula is C22H19N7O9S3. The van der Waals surface area contributed by atoms with E-state index in [1.807, 2.05) is 0 Å². The summed E-state index contributed by atoms with van der Waals surface area (Å²) in [5.41, 5.74) is 6.49. The largest absolute Gasteiger partial charge is 0.512 e. The van der Waals surface area contributed by atoms with Crippen LogP contribution in [0.15, 0.2) is 49.8 Å². The number of ether oxygens (including phenoxy) is 1. The summed E-state index contributed by atoms with van der Waals surface area (Å²) in [7, 11) is 1.25. The number of carbonyl (C=O) groups is 3. The number of nitrogens with two attached hydrogens (primary N) is 1. The van der Waals surface area contributed by atoms with Gasteiger partial charge in [-0.05, 0) is 18.2 Å². The monoisotopic (exact) mass is 621 g/mol. The lowest BCUT2D eigenvalue weighted by Crippen LogP contribution is -2.70. The van der Waals surface area contributed by atoms with Gasteiger partial charge in [-0.2, -0.15) is 0 Å². The number of carbonyl (C=O) groups excluding carboxylic acids is 2. The van der Waals surface area contributed by atoms with Crippen molar-refractivity contribution in [3.8, 4) is 23.0 Å². The molecule has 6 N–H and O–H groups in total. The van der Waals surface area contributed by atoms with E-state index in [2.05, 4.69) is 25.7 Å². The minimum Gasteiger partial charge on any atom is -0.504 e. The summed E-state index contributed by atoms with van der Waals surface area (Å²) in [4.78, 5) is 47.4. The molecule has 3 aromatic rings. The van der Waals surface area contributed by atoms with E-state index in [4.69, 9.17) is 19.7 Å². The molecule has 0 radical (unpaired) electrons. The van der Waals surface area contributed by atoms with Crippen molar-refractivity contribution in [2.75, 3.05) is 24.3 Å². The second-order valence-electron chi connectivity index (χ2n) is 8.20. The highest BCUT2D eigenvalue weighted by Crippen LogP contribution is 2.42. The summed E-state index contributed by atoms with van der Waals surface area (Å²) in [6.07, 6.45) is -1.61. The van der Waals surface area contributed by atoms with Gasteiger partial charge in [0.15, 0.2) is 22.3 Å². The molecule has 2 amide bonds. The molecule has 16 nitrogen and oxygen atoms in total. The van der Waals surface area contributed by atoms with E-state index in [0.717, 1.165) is 28.0 Å². The highest BCUT2D eigenvalue weighted by atomic mass is 32.2. The number of phenols is 2. The number of hydrogen-bond donors (Lipinski definition) is 5. The third kappa shape index (κ3) is 5.72. The Morgan fingerprint density at radius 1 is 1.32 bits per heavy atom. The summed E-state index contributed by atoms with van der Waals surface area (Å²) in [5, 5.41) is 43.9. The first-order valence-electron chi connectivity index (χ1n) is 11.4. The number of thiazole rings is 1. The highest BCUT2D eigenvalue weighted by Gasteiger charge is 2.54. The normalized spacial score (nSPS) is 18.5. The predicted octanol–water partition coefficient (Wildman–Crippen LogP) is 1.64. The number of oxime groups is 1. The maximum absolute atomic E-state index is 13.1. The number of rotatable bonds is 9. The Hall–Kier alpha value is -4.49. The molecule has 2 aliphatic rings. The number of thioether (sulfide) groups is 2. The molecule has 0 aliphatic carbocycles. The quantitative estimate of drug-likeness (QED) is 0.0570. The highest BCUT2D eigenvalue weighted by molar-refractivity contribution is 8.01. The Bertz CT molecular complexity index is 1590. The second-order valence-corrected chi connectivity index (χ2v) is 11.1. The molecule has 2 atom stereocenters. The average molecular weight is 622 g/mol. The molecule has 0 unspecified atom stereocenters. The van der Waals surface area contributed by atoms with E-state index in [-0.39, 0.29) is 56.5 Å². The van der Waals surface area contributed by atoms with E-state index in [0.29, 0.717) is 11.1 Å². The molecule has 2 aromatic heterocycles. The summed E-state index contributed by atoms with van der Waals surface area (Å²) in [6.45, 7) is 0. The fourth-order valence-corrected chi connectivity index (χ4v) is 6.56. The number of amides is 2. The van der Waals surface area contributed by atoms with Gasteiger partial charge in [-0.15, -0.1) is 33.3 Å². The molecular weight excluding hydrogens is 602 g/mol. The standard InChI is InChI=1S/C22H19N7O9S3/c1-36-28-13(10-7-40-20(23)24-10)15(32)25-14-17(33)29-18(38-22(34)35)9(5-39-19(14)29)6-41-21-27-26-16(37-21)8-2-3-11(30)12(31)4-8/h2-4,7,14,19,30-31H,5-6H2,1H3,(H2,23,24)(H,25,32)(H,34,35)/t14-,19+/m1/s1. The van der Waals surface area contributed by atoms with Crippen molar-refractivity contribution in [3.05, 3.63) is 40.7 Å². The van der Waals surface area contributed by atoms with Gasteiger partial charge in [-0.1, -0.05) is 16.9 Å². The van der Waals surface area contributed by atoms with Crippen LogP contribution in [0.1, 0.15) is 5.69 Å². The number of carboxylic acid groups (broad SMARTS) is 1. The molecule has 41 heavy (non-hydrogen) atoms. The number of nitrogen functional groups attached to an aromatic ring is 1. The van der Waals surface area contributed by atoms with Gasteiger partial charge < -0.3 is 40.4 Å². The van der Waals surface area contributed by atoms with Crippen LogP contribution in [0.25, 0.3) is 11.5 Å². The maximum atomic E-state index is 13.1. The minimum absolute atomic E-state index is 0.0881. The van der Waals surface area contributed by atoms with Gasteiger partial charge >= 0.3 is 6.16 Å². The van der Waals surface area contributed by atoms with Crippen LogP contribution < -0.4 is 11.1 Å². The van der Waals surface area contributed by atoms with E-state index in [1.54, 1.807) is 0 Å². The van der Waals surface area contributed by atoms with Crippen molar-refractivity contribution in [1.29, 1.82) is 0 Å². The topological polar surface area (TPSA) is 236 Å². The fourth-order valence-electron chi connectivity index (χ4n) is 3.80. The van der Waals surface area contributed by atoms with Crippen LogP contribution in [0.4, 0.5) is 9.93 Å². The number of nitrogens with zero attached hydrogens (tertiary/aromatic N) is 5. The van der Waals surface area contributed by atoms with Crippen molar-refractivity contribution >= 4 is 63.7 Å². The molecule has 0 bridgehead atoms. The number of phenolic OH excluding ortho intramolecular Hbond substituents is 2. The third-order valence-electron chi connectivity index (χ3n) is 5.62. The Labute approximate surface area is 242 Å². The van der Waals surface area contributed by atoms with Crippen LogP contribution in [0.2, 0.25) is 0 Å². The maximum Gasteiger partial charge on any atom is 0.512 e. The van der Waals surface area contributed by atoms with E-state index in [1.165, 1.54) is 42.5 Å². The van der Waals surface area contributed by atoms with Crippen molar-refractivity contribution in [2.45, 2.75) is 16.6 Å². The number of aromatic nitrogens is 3. The van der Waals surface area contributed by atoms with Gasteiger partial charge in [0.1, 0.15) is 24.2 Å². The predicted molar refractivity (Wildman–Crippen MR) is 145 cm³/mol. The van der Waals surface area contributed by atoms with Gasteiger partial charge in [-0.3, -0.25) is 14.5 Å². The van der Waals surface area contributed by atoms with Crippen LogP contribution in [0.3, 0.4) is 0 Å². The van der Waals surface area contributed by atoms with Gasteiger partial charge in [-0.25, -0.2) is 9.78 Å². The SMILES string of the molecule is CON=C(C(=O)N[C@@H]1C(=O)N2C(OC(=O)O)=C(CSc3nnc(-c4ccc(O)c(O)c4)o3)CS[C@@H]12)c1csc(N)n1. The molecule has 19 heteroatoms. The Morgan fingerprint density at radius 2 is 2.12 bits per heavy atom. The van der Waals surface area contributed by atoms with E-state index in [9.17, 15) is 29.7 Å². The minimum atomic E-state index is -1.61. The van der Waals surface area contributed by atoms with Crippen LogP contribution in [-0.4, -0.2) is 89.1 Å². The Balaban J connectivity index is 1.29. The first kappa shape index (κ1) is 28.1. The van der Waals surface area contributed by atoms with Gasteiger partial charge in [0.25, 0.3) is 17.0 Å². The number of aromatic hydroxyl groups is 2. The Kier molecular flexibility index (Phi) is 7.90. The lowest BCUT2D eigenvalue weighted by atomic mass is 10.1. The number of hydrogen-bond acceptors (Lipinski definition) is 16. The fraction of sp³-hybridized carbons (Fsp3) is 0.227. The zero-order valence-corrected chi connectivity index (χ0v) is 23.2. The van der Waals surface area contributed by atoms with Crippen molar-refractivity contribution in [1.82, 2.24) is 25.4 Å². The van der Waals surface area contributed by atoms with Crippen LogP contribution in [0.5, 0.6) is 11.5 Å². The zero-order chi connectivity index (χ0) is 29.3. The van der Waals surface area contributed by atoms with E-state index >= 15 is 0 Å². The molecule has 4 heterocycles. The van der Waals surface area contributed by atoms with Crippen molar-refractivity contribution in [2.24, 2.45) is 5.16 Å². The summed E-state index contributed by atoms with van der Waals surface area (Å²) in [6, 6.07) is 3.03. The number of anilines is 1.